The van der Waals surface area contributed by atoms with Gasteiger partial charge in [-0.15, -0.1) is 0 Å². The fraction of sp³-hybridized carbons (Fsp3) is 1.00. The molecule has 72 valence electrons. The van der Waals surface area contributed by atoms with Crippen molar-refractivity contribution in [3.05, 3.63) is 0 Å². The molecule has 0 aromatic heterocycles. The highest BCUT2D eigenvalue weighted by Crippen LogP contribution is 2.45. The lowest BCUT2D eigenvalue weighted by molar-refractivity contribution is 0.0858. The van der Waals surface area contributed by atoms with Gasteiger partial charge in [0.2, 0.25) is 10.0 Å². The van der Waals surface area contributed by atoms with E-state index >= 15 is 0 Å². The summed E-state index contributed by atoms with van der Waals surface area (Å²) in [5, 5.41) is 22.5. The highest BCUT2D eigenvalue weighted by Gasteiger charge is 2.53. The summed E-state index contributed by atoms with van der Waals surface area (Å²) in [6, 6.07) is 0. The third-order valence-electron chi connectivity index (χ3n) is 2.23. The molecular weight excluding hydrogens is 182 g/mol. The molecule has 6 heteroatoms. The maximum atomic E-state index is 11.0. The highest BCUT2D eigenvalue weighted by molar-refractivity contribution is 7.90. The summed E-state index contributed by atoms with van der Waals surface area (Å²) in [6.07, 6.45) is 0.0412. The molecule has 5 nitrogen and oxygen atoms in total. The molecule has 0 aromatic rings. The van der Waals surface area contributed by atoms with Gasteiger partial charge in [0.15, 0.2) is 0 Å². The molecule has 12 heavy (non-hydrogen) atoms. The Morgan fingerprint density at radius 3 is 2.25 bits per heavy atom. The van der Waals surface area contributed by atoms with E-state index in [9.17, 15) is 8.42 Å². The van der Waals surface area contributed by atoms with E-state index < -0.39 is 27.5 Å². The molecule has 0 radical (unpaired) electrons. The van der Waals surface area contributed by atoms with Crippen LogP contribution in [0.1, 0.15) is 19.3 Å². The lowest BCUT2D eigenvalue weighted by atomic mass is 10.2. The smallest absolute Gasteiger partial charge is 0.214 e. The van der Waals surface area contributed by atoms with Crippen molar-refractivity contribution in [3.8, 4) is 0 Å². The van der Waals surface area contributed by atoms with Gasteiger partial charge in [-0.25, -0.2) is 13.6 Å². The lowest BCUT2D eigenvalue weighted by Crippen LogP contribution is -2.34. The van der Waals surface area contributed by atoms with Crippen LogP contribution in [0.3, 0.4) is 0 Å². The van der Waals surface area contributed by atoms with Crippen LogP contribution in [0.5, 0.6) is 0 Å². The van der Waals surface area contributed by atoms with Gasteiger partial charge < -0.3 is 10.2 Å². The van der Waals surface area contributed by atoms with Gasteiger partial charge in [0.25, 0.3) is 0 Å². The Labute approximate surface area is 71.2 Å². The van der Waals surface area contributed by atoms with Crippen molar-refractivity contribution in [3.63, 3.8) is 0 Å². The number of primary sulfonamides is 1. The molecule has 0 aliphatic heterocycles. The van der Waals surface area contributed by atoms with Crippen molar-refractivity contribution >= 4 is 10.0 Å². The number of rotatable bonds is 4. The van der Waals surface area contributed by atoms with Crippen molar-refractivity contribution < 1.29 is 18.6 Å². The van der Waals surface area contributed by atoms with Gasteiger partial charge in [-0.05, 0) is 19.3 Å². The molecule has 1 atom stereocenters. The predicted molar refractivity (Wildman–Crippen MR) is 42.8 cm³/mol. The van der Waals surface area contributed by atoms with Crippen molar-refractivity contribution in [1.29, 1.82) is 0 Å². The van der Waals surface area contributed by atoms with Gasteiger partial charge in [-0.3, -0.25) is 0 Å². The van der Waals surface area contributed by atoms with E-state index in [1.807, 2.05) is 0 Å². The lowest BCUT2D eigenvalue weighted by Gasteiger charge is -2.15. The Kier molecular flexibility index (Phi) is 2.44. The zero-order valence-corrected chi connectivity index (χ0v) is 7.42. The quantitative estimate of drug-likeness (QED) is 0.511. The Hall–Kier alpha value is -0.170. The van der Waals surface area contributed by atoms with Gasteiger partial charge in [0.05, 0.1) is 17.5 Å². The van der Waals surface area contributed by atoms with Crippen LogP contribution in [-0.2, 0) is 10.0 Å². The van der Waals surface area contributed by atoms with Gasteiger partial charge in [0, 0.05) is 0 Å². The number of hydrogen-bond donors (Lipinski definition) is 3. The zero-order valence-electron chi connectivity index (χ0n) is 6.60. The first kappa shape index (κ1) is 9.91. The summed E-state index contributed by atoms with van der Waals surface area (Å²) in [4.78, 5) is 0. The average Bonchev–Trinajstić information content (AvgIpc) is 2.67. The maximum absolute atomic E-state index is 11.0. The Morgan fingerprint density at radius 1 is 1.50 bits per heavy atom. The van der Waals surface area contributed by atoms with Gasteiger partial charge in [0.1, 0.15) is 0 Å². The summed E-state index contributed by atoms with van der Waals surface area (Å²) in [7, 11) is -3.57. The second-order valence-corrected chi connectivity index (χ2v) is 5.22. The fourth-order valence-electron chi connectivity index (χ4n) is 1.24. The van der Waals surface area contributed by atoms with Crippen LogP contribution in [0.25, 0.3) is 0 Å². The van der Waals surface area contributed by atoms with Crippen LogP contribution >= 0.6 is 0 Å². The summed E-state index contributed by atoms with van der Waals surface area (Å²) in [5.41, 5.74) is 0. The van der Waals surface area contributed by atoms with Crippen LogP contribution in [0.2, 0.25) is 0 Å². The molecule has 0 unspecified atom stereocenters. The predicted octanol–water partition coefficient (Wildman–Crippen LogP) is -1.45. The van der Waals surface area contributed by atoms with E-state index in [0.29, 0.717) is 12.8 Å². The first-order valence-corrected chi connectivity index (χ1v) is 5.27. The van der Waals surface area contributed by atoms with Crippen molar-refractivity contribution in [2.24, 2.45) is 5.14 Å². The Balaban J connectivity index is 2.63. The minimum Gasteiger partial charge on any atom is -0.394 e. The second-order valence-electron chi connectivity index (χ2n) is 3.27. The van der Waals surface area contributed by atoms with E-state index in [0.717, 1.165) is 0 Å². The standard InChI is InChI=1S/C6H13NO4S/c7-12(10,11)6(1-2-6)3-5(9)4-8/h5,8-9H,1-4H2,(H2,7,10,11)/t5-/m1/s1. The second kappa shape index (κ2) is 2.95. The van der Waals surface area contributed by atoms with Gasteiger partial charge in [-0.2, -0.15) is 0 Å². The van der Waals surface area contributed by atoms with Crippen LogP contribution in [-0.4, -0.2) is 36.1 Å². The monoisotopic (exact) mass is 195 g/mol. The molecule has 0 amide bonds. The zero-order chi connectivity index (χ0) is 9.41. The number of nitrogens with two attached hydrogens (primary N) is 1. The minimum atomic E-state index is -3.57. The number of hydrogen-bond acceptors (Lipinski definition) is 4. The molecule has 0 heterocycles. The van der Waals surface area contributed by atoms with E-state index in [2.05, 4.69) is 0 Å². The van der Waals surface area contributed by atoms with E-state index in [1.165, 1.54) is 0 Å². The SMILES string of the molecule is NS(=O)(=O)C1(C[C@@H](O)CO)CC1. The fourth-order valence-corrected chi connectivity index (χ4v) is 2.33. The molecule has 0 aromatic carbocycles. The molecule has 1 saturated carbocycles. The molecule has 1 aliphatic rings. The van der Waals surface area contributed by atoms with Gasteiger partial charge >= 0.3 is 0 Å². The largest absolute Gasteiger partial charge is 0.394 e. The first-order valence-electron chi connectivity index (χ1n) is 3.72. The summed E-state index contributed by atoms with van der Waals surface area (Å²) < 4.78 is 21.0. The van der Waals surface area contributed by atoms with Crippen molar-refractivity contribution in [1.82, 2.24) is 0 Å². The molecule has 1 rings (SSSR count). The average molecular weight is 195 g/mol. The molecule has 4 N–H and O–H groups in total. The summed E-state index contributed by atoms with van der Waals surface area (Å²) in [5.74, 6) is 0. The molecule has 0 bridgehead atoms. The van der Waals surface area contributed by atoms with Crippen LogP contribution in [0, 0.1) is 0 Å². The Bertz CT molecular complexity index is 257. The van der Waals surface area contributed by atoms with E-state index in [-0.39, 0.29) is 6.42 Å². The van der Waals surface area contributed by atoms with Crippen LogP contribution < -0.4 is 5.14 Å². The molecule has 1 fully saturated rings. The highest BCUT2D eigenvalue weighted by atomic mass is 32.2. The first-order chi connectivity index (χ1) is 5.41. The number of aliphatic hydroxyl groups is 2. The normalized spacial score (nSPS) is 23.6. The third-order valence-corrected chi connectivity index (χ3v) is 4.01. The van der Waals surface area contributed by atoms with E-state index in [1.54, 1.807) is 0 Å². The van der Waals surface area contributed by atoms with Crippen LogP contribution in [0.4, 0.5) is 0 Å². The Morgan fingerprint density at radius 2 is 2.00 bits per heavy atom. The van der Waals surface area contributed by atoms with Crippen LogP contribution in [0.15, 0.2) is 0 Å². The van der Waals surface area contributed by atoms with Gasteiger partial charge in [-0.1, -0.05) is 0 Å². The topological polar surface area (TPSA) is 101 Å². The summed E-state index contributed by atoms with van der Waals surface area (Å²) >= 11 is 0. The minimum absolute atomic E-state index is 0.0440. The number of sulfonamides is 1. The molecular formula is C6H13NO4S. The van der Waals surface area contributed by atoms with Crippen molar-refractivity contribution in [2.75, 3.05) is 6.61 Å². The molecule has 0 saturated heterocycles. The third kappa shape index (κ3) is 1.77. The van der Waals surface area contributed by atoms with Crippen molar-refractivity contribution in [2.45, 2.75) is 30.1 Å². The molecule has 1 aliphatic carbocycles. The van der Waals surface area contributed by atoms with E-state index in [4.69, 9.17) is 15.4 Å². The summed E-state index contributed by atoms with van der Waals surface area (Å²) in [6.45, 7) is -0.419. The maximum Gasteiger partial charge on any atom is 0.214 e. The molecule has 0 spiro atoms. The number of aliphatic hydroxyl groups excluding tert-OH is 2.